The number of carbonyl (C=O) groups excluding carboxylic acids is 1. The molecule has 0 amide bonds. The van der Waals surface area contributed by atoms with E-state index in [1.54, 1.807) is 24.3 Å². The molecule has 1 atom stereocenters. The van der Waals surface area contributed by atoms with E-state index in [2.05, 4.69) is 0 Å². The number of ether oxygens (including phenoxy) is 2. The van der Waals surface area contributed by atoms with Crippen LogP contribution in [0.2, 0.25) is 0 Å². The van der Waals surface area contributed by atoms with Crippen LogP contribution in [0.1, 0.15) is 25.8 Å². The molecule has 0 aromatic heterocycles. The fourth-order valence-corrected chi connectivity index (χ4v) is 4.61. The van der Waals surface area contributed by atoms with Crippen molar-refractivity contribution in [3.8, 4) is 5.75 Å². The minimum Gasteiger partial charge on any atom is -0.497 e. The number of nitrogens with zero attached hydrogens (tertiary/aromatic N) is 2. The van der Waals surface area contributed by atoms with Gasteiger partial charge in [-0.25, -0.2) is 13.2 Å². The molecule has 9 nitrogen and oxygen atoms in total. The zero-order valence-corrected chi connectivity index (χ0v) is 18.0. The van der Waals surface area contributed by atoms with Gasteiger partial charge in [0.05, 0.1) is 23.1 Å². The van der Waals surface area contributed by atoms with Crippen LogP contribution >= 0.6 is 0 Å². The Bertz CT molecular complexity index is 1110. The maximum Gasteiger partial charge on any atom is 0.335 e. The van der Waals surface area contributed by atoms with Crippen LogP contribution in [-0.2, 0) is 19.6 Å². The zero-order chi connectivity index (χ0) is 22.8. The molecule has 1 aliphatic rings. The first-order valence-electron chi connectivity index (χ1n) is 9.49. The Labute approximate surface area is 180 Å². The van der Waals surface area contributed by atoms with E-state index in [0.29, 0.717) is 11.3 Å². The molecule has 1 aliphatic heterocycles. The van der Waals surface area contributed by atoms with Crippen molar-refractivity contribution in [3.05, 3.63) is 70.4 Å². The lowest BCUT2D eigenvalue weighted by atomic mass is 10.0. The summed E-state index contributed by atoms with van der Waals surface area (Å²) in [5.41, 5.74) is 0.270. The number of nitro benzene ring substituents is 1. The number of hydrogen-bond donors (Lipinski definition) is 0. The molecule has 3 rings (SSSR count). The predicted molar refractivity (Wildman–Crippen MR) is 112 cm³/mol. The predicted octanol–water partition coefficient (Wildman–Crippen LogP) is 3.56. The molecule has 10 heteroatoms. The molecule has 0 saturated carbocycles. The molecular weight excluding hydrogens is 424 g/mol. The number of esters is 1. The summed E-state index contributed by atoms with van der Waals surface area (Å²) in [5.74, 6) is 0.00762. The normalized spacial score (nSPS) is 16.6. The summed E-state index contributed by atoms with van der Waals surface area (Å²) >= 11 is 0. The number of cyclic esters (lactones) is 1. The van der Waals surface area contributed by atoms with Crippen molar-refractivity contribution in [2.75, 3.05) is 7.11 Å². The molecule has 1 heterocycles. The number of benzene rings is 2. The Kier molecular flexibility index (Phi) is 6.30. The maximum atomic E-state index is 13.4. The molecule has 31 heavy (non-hydrogen) atoms. The van der Waals surface area contributed by atoms with Crippen LogP contribution in [0.5, 0.6) is 5.75 Å². The second-order valence-electron chi connectivity index (χ2n) is 7.37. The first-order valence-corrected chi connectivity index (χ1v) is 10.9. The smallest absolute Gasteiger partial charge is 0.335 e. The van der Waals surface area contributed by atoms with Crippen molar-refractivity contribution in [3.63, 3.8) is 0 Å². The number of carbonyl (C=O) groups is 1. The van der Waals surface area contributed by atoms with E-state index in [-0.39, 0.29) is 28.7 Å². The van der Waals surface area contributed by atoms with Crippen molar-refractivity contribution in [1.29, 1.82) is 0 Å². The van der Waals surface area contributed by atoms with Gasteiger partial charge in [0.1, 0.15) is 11.8 Å². The molecule has 0 bridgehead atoms. The zero-order valence-electron chi connectivity index (χ0n) is 17.2. The minimum atomic E-state index is -4.18. The average molecular weight is 446 g/mol. The maximum absolute atomic E-state index is 13.4. The lowest BCUT2D eigenvalue weighted by Crippen LogP contribution is -2.46. The number of hydrogen-bond acceptors (Lipinski definition) is 7. The van der Waals surface area contributed by atoms with Gasteiger partial charge in [-0.15, -0.1) is 0 Å². The van der Waals surface area contributed by atoms with Crippen LogP contribution in [0.3, 0.4) is 0 Å². The Morgan fingerprint density at radius 2 is 1.74 bits per heavy atom. The molecule has 0 saturated heterocycles. The Hall–Kier alpha value is -3.40. The summed E-state index contributed by atoms with van der Waals surface area (Å²) in [7, 11) is -2.66. The number of nitro groups is 1. The molecule has 0 N–H and O–H groups in total. The molecule has 0 aliphatic carbocycles. The van der Waals surface area contributed by atoms with Crippen molar-refractivity contribution < 1.29 is 27.6 Å². The Morgan fingerprint density at radius 3 is 2.26 bits per heavy atom. The molecule has 0 spiro atoms. The molecular formula is C21H22N2O7S. The van der Waals surface area contributed by atoms with E-state index in [1.165, 1.54) is 13.3 Å². The van der Waals surface area contributed by atoms with Gasteiger partial charge in [-0.05, 0) is 48.7 Å². The summed E-state index contributed by atoms with van der Waals surface area (Å²) in [6, 6.07) is 10.1. The third-order valence-corrected chi connectivity index (χ3v) is 6.51. The average Bonchev–Trinajstić information content (AvgIpc) is 2.74. The second kappa shape index (κ2) is 8.76. The van der Waals surface area contributed by atoms with Crippen LogP contribution in [0.4, 0.5) is 5.69 Å². The van der Waals surface area contributed by atoms with E-state index in [1.807, 2.05) is 13.8 Å². The lowest BCUT2D eigenvalue weighted by Gasteiger charge is -2.33. The fourth-order valence-electron chi connectivity index (χ4n) is 3.15. The summed E-state index contributed by atoms with van der Waals surface area (Å²) in [4.78, 5) is 22.9. The van der Waals surface area contributed by atoms with Crippen LogP contribution in [0.25, 0.3) is 5.76 Å². The number of non-ortho nitro benzene ring substituents is 1. The lowest BCUT2D eigenvalue weighted by molar-refractivity contribution is -0.384. The SMILES string of the molecule is COc1ccc(C2=CN(S(=O)(=O)c3ccc([N+](=O)[O-])cc3)[C@@H](CC(C)C)C(=O)O2)cc1. The third-order valence-electron chi connectivity index (χ3n) is 4.73. The van der Waals surface area contributed by atoms with Gasteiger partial charge in [-0.2, -0.15) is 0 Å². The van der Waals surface area contributed by atoms with E-state index in [4.69, 9.17) is 9.47 Å². The molecule has 164 valence electrons. The highest BCUT2D eigenvalue weighted by atomic mass is 32.2. The topological polar surface area (TPSA) is 116 Å². The van der Waals surface area contributed by atoms with Crippen LogP contribution < -0.4 is 4.74 Å². The largest absolute Gasteiger partial charge is 0.497 e. The van der Waals surface area contributed by atoms with Gasteiger partial charge in [0, 0.05) is 17.7 Å². The van der Waals surface area contributed by atoms with E-state index in [0.717, 1.165) is 28.6 Å². The van der Waals surface area contributed by atoms with Crippen LogP contribution in [-0.4, -0.2) is 36.8 Å². The molecule has 0 fully saturated rings. The minimum absolute atomic E-state index is 0.0167. The van der Waals surface area contributed by atoms with E-state index >= 15 is 0 Å². The fraction of sp³-hybridized carbons (Fsp3) is 0.286. The van der Waals surface area contributed by atoms with Gasteiger partial charge in [0.25, 0.3) is 15.7 Å². The van der Waals surface area contributed by atoms with Gasteiger partial charge in [0.15, 0.2) is 5.76 Å². The summed E-state index contributed by atoms with van der Waals surface area (Å²) < 4.78 is 38.3. The van der Waals surface area contributed by atoms with Crippen LogP contribution in [0.15, 0.2) is 59.6 Å². The summed E-state index contributed by atoms with van der Waals surface area (Å²) in [5, 5.41) is 10.9. The van der Waals surface area contributed by atoms with Crippen molar-refractivity contribution in [2.24, 2.45) is 5.92 Å². The summed E-state index contributed by atoms with van der Waals surface area (Å²) in [6.45, 7) is 3.74. The van der Waals surface area contributed by atoms with Crippen molar-refractivity contribution in [2.45, 2.75) is 31.2 Å². The standard InChI is InChI=1S/C21H22N2O7S/c1-14(2)12-19-21(24)30-20(15-4-8-17(29-3)9-5-15)13-22(19)31(27,28)18-10-6-16(7-11-18)23(25)26/h4-11,13-14,19H,12H2,1-3H3/t19-/m0/s1. The van der Waals surface area contributed by atoms with Gasteiger partial charge in [-0.3, -0.25) is 14.4 Å². The number of sulfonamides is 1. The quantitative estimate of drug-likeness (QED) is 0.363. The van der Waals surface area contributed by atoms with Gasteiger partial charge in [-0.1, -0.05) is 13.8 Å². The van der Waals surface area contributed by atoms with Gasteiger partial charge in [0.2, 0.25) is 0 Å². The Morgan fingerprint density at radius 1 is 1.13 bits per heavy atom. The highest BCUT2D eigenvalue weighted by molar-refractivity contribution is 7.89. The van der Waals surface area contributed by atoms with Crippen molar-refractivity contribution >= 4 is 27.4 Å². The first-order chi connectivity index (χ1) is 14.6. The second-order valence-corrected chi connectivity index (χ2v) is 9.22. The summed E-state index contributed by atoms with van der Waals surface area (Å²) in [6.07, 6.45) is 1.53. The van der Waals surface area contributed by atoms with Gasteiger partial charge < -0.3 is 9.47 Å². The van der Waals surface area contributed by atoms with Gasteiger partial charge >= 0.3 is 5.97 Å². The van der Waals surface area contributed by atoms with Crippen LogP contribution in [0, 0.1) is 16.0 Å². The third kappa shape index (κ3) is 4.69. The number of rotatable bonds is 7. The molecule has 2 aromatic carbocycles. The molecule has 0 unspecified atom stereocenters. The monoisotopic (exact) mass is 446 g/mol. The van der Waals surface area contributed by atoms with E-state index < -0.39 is 27.0 Å². The number of methoxy groups -OCH3 is 1. The highest BCUT2D eigenvalue weighted by Gasteiger charge is 2.39. The Balaban J connectivity index is 2.07. The molecule has 2 aromatic rings. The first kappa shape index (κ1) is 22.3. The van der Waals surface area contributed by atoms with E-state index in [9.17, 15) is 23.3 Å². The van der Waals surface area contributed by atoms with Crippen molar-refractivity contribution in [1.82, 2.24) is 4.31 Å². The highest BCUT2D eigenvalue weighted by Crippen LogP contribution is 2.32. The molecule has 0 radical (unpaired) electrons.